The molecule has 2 heterocycles. The predicted octanol–water partition coefficient (Wildman–Crippen LogP) is 5.02. The summed E-state index contributed by atoms with van der Waals surface area (Å²) in [6.07, 6.45) is 5.54. The molecule has 3 unspecified atom stereocenters. The summed E-state index contributed by atoms with van der Waals surface area (Å²) in [5.74, 6) is -2.59. The topological polar surface area (TPSA) is 176 Å². The van der Waals surface area contributed by atoms with E-state index in [1.165, 1.54) is 17.9 Å². The average molecular weight is 768 g/mol. The van der Waals surface area contributed by atoms with Gasteiger partial charge in [-0.05, 0) is 42.7 Å². The molecule has 2 aromatic carbocycles. The number of carboxylic acid groups (broad SMARTS) is 1. The lowest BCUT2D eigenvalue weighted by atomic mass is 9.82. The van der Waals surface area contributed by atoms with Gasteiger partial charge < -0.3 is 35.4 Å². The predicted molar refractivity (Wildman–Crippen MR) is 211 cm³/mol. The van der Waals surface area contributed by atoms with E-state index in [4.69, 9.17) is 14.5 Å². The number of methoxy groups -OCH3 is 1. The van der Waals surface area contributed by atoms with E-state index in [2.05, 4.69) is 22.5 Å². The van der Waals surface area contributed by atoms with Gasteiger partial charge in [-0.2, -0.15) is 0 Å². The zero-order valence-electron chi connectivity index (χ0n) is 32.8. The van der Waals surface area contributed by atoms with Gasteiger partial charge in [0.2, 0.25) is 23.6 Å². The molecule has 13 nitrogen and oxygen atoms in total. The van der Waals surface area contributed by atoms with Crippen LogP contribution in [0.1, 0.15) is 72.6 Å². The molecule has 6 atom stereocenters. The highest BCUT2D eigenvalue weighted by Crippen LogP contribution is 2.45. The number of likely N-dealkylation sites (tertiary alicyclic amines) is 1. The number of rotatable bonds is 13. The van der Waals surface area contributed by atoms with E-state index >= 15 is 0 Å². The number of carboxylic acids is 1. The Hall–Kier alpha value is -5.46. The third-order valence-corrected chi connectivity index (χ3v) is 11.4. The molecule has 1 aromatic heterocycles. The average Bonchev–Trinajstić information content (AvgIpc) is 3.74. The smallest absolute Gasteiger partial charge is 0.330 e. The Labute approximate surface area is 327 Å². The molecule has 56 heavy (non-hydrogen) atoms. The highest BCUT2D eigenvalue weighted by molar-refractivity contribution is 5.97. The number of hydrogen-bond donors (Lipinski definition) is 4. The maximum atomic E-state index is 14.9. The summed E-state index contributed by atoms with van der Waals surface area (Å²) in [4.78, 5) is 74.1. The van der Waals surface area contributed by atoms with Crippen molar-refractivity contribution in [2.24, 2.45) is 17.3 Å². The van der Waals surface area contributed by atoms with Gasteiger partial charge in [-0.15, -0.1) is 6.58 Å². The molecule has 0 bridgehead atoms. The Balaban J connectivity index is 1.34. The first kappa shape index (κ1) is 40.2. The number of ether oxygens (including phenoxy) is 2. The summed E-state index contributed by atoms with van der Waals surface area (Å²) in [6, 6.07) is 13.9. The lowest BCUT2D eigenvalue weighted by Crippen LogP contribution is -2.62. The van der Waals surface area contributed by atoms with Gasteiger partial charge in [-0.25, -0.2) is 9.78 Å². The van der Waals surface area contributed by atoms with Gasteiger partial charge >= 0.3 is 5.97 Å². The fourth-order valence-corrected chi connectivity index (χ4v) is 8.16. The number of nitrogens with zero attached hydrogens (tertiary/aromatic N) is 2. The van der Waals surface area contributed by atoms with Crippen LogP contribution >= 0.6 is 0 Å². The van der Waals surface area contributed by atoms with E-state index in [9.17, 15) is 29.1 Å². The summed E-state index contributed by atoms with van der Waals surface area (Å²) in [5, 5.41) is 19.4. The number of nitrogens with one attached hydrogen (secondary N) is 3. The normalized spacial score (nSPS) is 23.4. The van der Waals surface area contributed by atoms with Crippen molar-refractivity contribution >= 4 is 40.5 Å². The van der Waals surface area contributed by atoms with E-state index in [-0.39, 0.29) is 31.2 Å². The fraction of sp³-hybridized carbons (Fsp3) is 0.488. The molecule has 6 rings (SSSR count). The number of carbonyl (C=O) groups excluding carboxylic acids is 4. The molecule has 3 aromatic rings. The Morgan fingerprint density at radius 1 is 1.02 bits per heavy atom. The van der Waals surface area contributed by atoms with Gasteiger partial charge in [-0.1, -0.05) is 76.4 Å². The van der Waals surface area contributed by atoms with Crippen molar-refractivity contribution in [3.63, 3.8) is 0 Å². The van der Waals surface area contributed by atoms with Crippen molar-refractivity contribution in [3.8, 4) is 22.8 Å². The second kappa shape index (κ2) is 16.3. The first-order valence-corrected chi connectivity index (χ1v) is 19.4. The number of aliphatic carboxylic acids is 1. The lowest BCUT2D eigenvalue weighted by Gasteiger charge is -2.37. The Morgan fingerprint density at radius 2 is 1.73 bits per heavy atom. The molecule has 4 N–H and O–H groups in total. The van der Waals surface area contributed by atoms with Crippen LogP contribution in [0.5, 0.6) is 11.5 Å². The summed E-state index contributed by atoms with van der Waals surface area (Å²) in [7, 11) is 1.57. The summed E-state index contributed by atoms with van der Waals surface area (Å²) < 4.78 is 12.2. The minimum absolute atomic E-state index is 0.0251. The zero-order chi connectivity index (χ0) is 40.4. The van der Waals surface area contributed by atoms with Gasteiger partial charge in [0, 0.05) is 42.3 Å². The van der Waals surface area contributed by atoms with Crippen LogP contribution in [0.2, 0.25) is 0 Å². The standard InChI is InChI=1S/C43H53N5O8/c1-7-28-23-43(28,41(53)54)47-38(50)34-21-30(56-35-22-32(26-14-10-8-11-15-26)45-33-20-29(55-6)18-19-31(33)35)24-48(34)40(52)37(42(3,4)5)46-39(51)36(44-25(2)49)27-16-12-9-13-17-27/h7-8,10-11,14-15,18-20,22,27-28,30,34,36-37H,1,9,12-13,16-17,21,23-24H2,2-6H3,(H,44,49)(H,46,51)(H,47,50)(H,53,54)/t28?,30-,34+,36?,37?,43-/m1/s1. The Morgan fingerprint density at radius 3 is 2.34 bits per heavy atom. The highest BCUT2D eigenvalue weighted by Gasteiger charge is 2.61. The number of aromatic nitrogens is 1. The Kier molecular flexibility index (Phi) is 11.7. The molecule has 4 amide bonds. The minimum atomic E-state index is -1.53. The molecule has 3 fully saturated rings. The molecule has 0 radical (unpaired) electrons. The quantitative estimate of drug-likeness (QED) is 0.174. The van der Waals surface area contributed by atoms with Crippen LogP contribution in [0.3, 0.4) is 0 Å². The van der Waals surface area contributed by atoms with E-state index in [0.717, 1.165) is 37.7 Å². The first-order chi connectivity index (χ1) is 26.6. The van der Waals surface area contributed by atoms with Crippen molar-refractivity contribution in [2.45, 2.75) is 102 Å². The summed E-state index contributed by atoms with van der Waals surface area (Å²) in [6.45, 7) is 10.6. The van der Waals surface area contributed by atoms with Gasteiger partial charge in [-0.3, -0.25) is 19.2 Å². The lowest BCUT2D eigenvalue weighted by molar-refractivity contribution is -0.147. The number of fused-ring (bicyclic) bond motifs is 1. The van der Waals surface area contributed by atoms with E-state index in [0.29, 0.717) is 28.1 Å². The molecule has 13 heteroatoms. The fourth-order valence-electron chi connectivity index (χ4n) is 8.16. The summed E-state index contributed by atoms with van der Waals surface area (Å²) in [5.41, 5.74) is -0.220. The summed E-state index contributed by atoms with van der Waals surface area (Å²) >= 11 is 0. The Bertz CT molecular complexity index is 1990. The highest BCUT2D eigenvalue weighted by atomic mass is 16.5. The first-order valence-electron chi connectivity index (χ1n) is 19.4. The molecular weight excluding hydrogens is 714 g/mol. The molecule has 298 valence electrons. The number of hydrogen-bond acceptors (Lipinski definition) is 8. The van der Waals surface area contributed by atoms with Crippen LogP contribution < -0.4 is 25.4 Å². The van der Waals surface area contributed by atoms with Crippen molar-refractivity contribution in [1.82, 2.24) is 25.8 Å². The molecule has 3 aliphatic rings. The molecule has 0 spiro atoms. The van der Waals surface area contributed by atoms with Crippen LogP contribution in [0, 0.1) is 17.3 Å². The van der Waals surface area contributed by atoms with E-state index in [1.54, 1.807) is 13.2 Å². The van der Waals surface area contributed by atoms with Gasteiger partial charge in [0.05, 0.1) is 24.9 Å². The van der Waals surface area contributed by atoms with Gasteiger partial charge in [0.15, 0.2) is 0 Å². The van der Waals surface area contributed by atoms with Crippen LogP contribution in [-0.2, 0) is 24.0 Å². The van der Waals surface area contributed by atoms with Crippen LogP contribution in [0.25, 0.3) is 22.2 Å². The van der Waals surface area contributed by atoms with Crippen molar-refractivity contribution < 1.29 is 38.6 Å². The maximum absolute atomic E-state index is 14.9. The van der Waals surface area contributed by atoms with Crippen LogP contribution in [0.4, 0.5) is 0 Å². The number of amides is 4. The van der Waals surface area contributed by atoms with Crippen LogP contribution in [0.15, 0.2) is 67.3 Å². The monoisotopic (exact) mass is 767 g/mol. The second-order valence-electron chi connectivity index (χ2n) is 16.4. The molecule has 2 aliphatic carbocycles. The van der Waals surface area contributed by atoms with Crippen LogP contribution in [-0.4, -0.2) is 88.0 Å². The van der Waals surface area contributed by atoms with Crippen molar-refractivity contribution in [1.29, 1.82) is 0 Å². The SMILES string of the molecule is C=CC1C[C@]1(NC(=O)[C@@H]1C[C@@H](Oc2cc(-c3ccccc3)nc3cc(OC)ccc23)CN1C(=O)C(NC(=O)C(NC(C)=O)C1CCCCC1)C(C)(C)C)C(=O)O. The molecule has 1 saturated heterocycles. The van der Waals surface area contributed by atoms with E-state index in [1.807, 2.05) is 69.3 Å². The van der Waals surface area contributed by atoms with E-state index < -0.39 is 64.8 Å². The minimum Gasteiger partial charge on any atom is -0.497 e. The molecule has 2 saturated carbocycles. The molecular formula is C43H53N5O8. The number of pyridine rings is 1. The third-order valence-electron chi connectivity index (χ3n) is 11.4. The van der Waals surface area contributed by atoms with Crippen molar-refractivity contribution in [2.75, 3.05) is 13.7 Å². The maximum Gasteiger partial charge on any atom is 0.330 e. The zero-order valence-corrected chi connectivity index (χ0v) is 32.8. The van der Waals surface area contributed by atoms with Crippen molar-refractivity contribution in [3.05, 3.63) is 67.3 Å². The number of benzene rings is 2. The second-order valence-corrected chi connectivity index (χ2v) is 16.4. The largest absolute Gasteiger partial charge is 0.497 e. The van der Waals surface area contributed by atoms with Gasteiger partial charge in [0.1, 0.15) is 41.3 Å². The third kappa shape index (κ3) is 8.51. The van der Waals surface area contributed by atoms with Gasteiger partial charge in [0.25, 0.3) is 0 Å². The number of carbonyl (C=O) groups is 5. The molecule has 1 aliphatic heterocycles.